The molecule has 0 aromatic heterocycles. The molecule has 7 heteroatoms. The number of amides is 2. The van der Waals surface area contributed by atoms with E-state index in [2.05, 4.69) is 0 Å². The molecule has 7 nitrogen and oxygen atoms in total. The molecule has 0 radical (unpaired) electrons. The maximum Gasteiger partial charge on any atom is 0.323 e. The van der Waals surface area contributed by atoms with Gasteiger partial charge in [-0.2, -0.15) is 0 Å². The Bertz CT molecular complexity index is 280. The molecule has 2 atom stereocenters. The Morgan fingerprint density at radius 2 is 1.67 bits per heavy atom. The molecule has 0 aromatic carbocycles. The van der Waals surface area contributed by atoms with E-state index in [1.54, 1.807) is 0 Å². The van der Waals surface area contributed by atoms with Crippen LogP contribution in [-0.4, -0.2) is 60.8 Å². The largest absolute Gasteiger partial charge is 0.480 e. The van der Waals surface area contributed by atoms with Crippen molar-refractivity contribution in [1.29, 1.82) is 0 Å². The van der Waals surface area contributed by atoms with Crippen molar-refractivity contribution in [2.75, 3.05) is 20.8 Å². The normalized spacial score (nSPS) is 26.1. The number of nitrogens with zero attached hydrogens (tertiary/aromatic N) is 1. The summed E-state index contributed by atoms with van der Waals surface area (Å²) in [5.41, 5.74) is 0. The fraction of sp³-hybridized carbons (Fsp3) is 0.625. The Morgan fingerprint density at radius 3 is 1.93 bits per heavy atom. The van der Waals surface area contributed by atoms with E-state index in [9.17, 15) is 14.4 Å². The van der Waals surface area contributed by atoms with Crippen molar-refractivity contribution in [2.24, 2.45) is 0 Å². The van der Waals surface area contributed by atoms with E-state index in [0.717, 1.165) is 0 Å². The number of hydrogen-bond acceptors (Lipinski definition) is 5. The number of carbonyl (C=O) groups is 3. The number of carboxylic acid groups (broad SMARTS) is 1. The third kappa shape index (κ3) is 1.97. The average Bonchev–Trinajstić information content (AvgIpc) is 2.40. The molecule has 0 spiro atoms. The lowest BCUT2D eigenvalue weighted by Gasteiger charge is -2.10. The Kier molecular flexibility index (Phi) is 3.38. The third-order valence-electron chi connectivity index (χ3n) is 2.10. The van der Waals surface area contributed by atoms with Crippen LogP contribution >= 0.6 is 0 Å². The van der Waals surface area contributed by atoms with Gasteiger partial charge in [0, 0.05) is 14.2 Å². The smallest absolute Gasteiger partial charge is 0.323 e. The Balaban J connectivity index is 2.88. The van der Waals surface area contributed by atoms with Gasteiger partial charge >= 0.3 is 5.97 Å². The standard InChI is InChI=1S/C8H11NO6/c1-14-5-6(15-2)8(13)9(7(5)12)3-4(10)11/h5-6H,3H2,1-2H3,(H,10,11)/t5-,6-/m1/s1. The molecule has 0 aliphatic carbocycles. The molecular formula is C8H11NO6. The van der Waals surface area contributed by atoms with Crippen LogP contribution in [0.2, 0.25) is 0 Å². The van der Waals surface area contributed by atoms with Crippen molar-refractivity contribution < 1.29 is 29.0 Å². The first-order valence-corrected chi connectivity index (χ1v) is 4.15. The predicted molar refractivity (Wildman–Crippen MR) is 45.9 cm³/mol. The number of aliphatic carboxylic acids is 1. The fourth-order valence-electron chi connectivity index (χ4n) is 1.41. The van der Waals surface area contributed by atoms with Gasteiger partial charge in [0.25, 0.3) is 11.8 Å². The van der Waals surface area contributed by atoms with Gasteiger partial charge in [0.1, 0.15) is 6.54 Å². The molecule has 0 saturated carbocycles. The molecular weight excluding hydrogens is 206 g/mol. The van der Waals surface area contributed by atoms with Gasteiger partial charge < -0.3 is 14.6 Å². The van der Waals surface area contributed by atoms with Crippen LogP contribution < -0.4 is 0 Å². The minimum absolute atomic E-state index is 0.616. The first-order valence-electron chi connectivity index (χ1n) is 4.15. The van der Waals surface area contributed by atoms with E-state index in [4.69, 9.17) is 14.6 Å². The van der Waals surface area contributed by atoms with E-state index in [-0.39, 0.29) is 0 Å². The zero-order valence-corrected chi connectivity index (χ0v) is 8.30. The molecule has 1 rings (SSSR count). The first kappa shape index (κ1) is 11.6. The highest BCUT2D eigenvalue weighted by Gasteiger charge is 2.49. The summed E-state index contributed by atoms with van der Waals surface area (Å²) in [6.07, 6.45) is -2.11. The number of carboxylic acids is 1. The summed E-state index contributed by atoms with van der Waals surface area (Å²) in [4.78, 5) is 34.0. The molecule has 0 unspecified atom stereocenters. The molecule has 1 aliphatic heterocycles. The van der Waals surface area contributed by atoms with E-state index in [1.165, 1.54) is 14.2 Å². The highest BCUT2D eigenvalue weighted by molar-refractivity contribution is 6.09. The summed E-state index contributed by atoms with van der Waals surface area (Å²) in [6.45, 7) is -0.669. The van der Waals surface area contributed by atoms with Crippen molar-refractivity contribution >= 4 is 17.8 Å². The third-order valence-corrected chi connectivity index (χ3v) is 2.10. The zero-order valence-electron chi connectivity index (χ0n) is 8.30. The number of imide groups is 1. The van der Waals surface area contributed by atoms with Crippen LogP contribution in [0.1, 0.15) is 0 Å². The quantitative estimate of drug-likeness (QED) is 0.574. The summed E-state index contributed by atoms with van der Waals surface area (Å²) >= 11 is 0. The molecule has 1 aliphatic rings. The summed E-state index contributed by atoms with van der Waals surface area (Å²) < 4.78 is 9.56. The van der Waals surface area contributed by atoms with Gasteiger partial charge in [0.15, 0.2) is 12.2 Å². The van der Waals surface area contributed by atoms with Gasteiger partial charge in [-0.1, -0.05) is 0 Å². The molecule has 2 amide bonds. The molecule has 0 bridgehead atoms. The van der Waals surface area contributed by atoms with Crippen molar-refractivity contribution in [3.05, 3.63) is 0 Å². The van der Waals surface area contributed by atoms with Crippen LogP contribution in [0.15, 0.2) is 0 Å². The van der Waals surface area contributed by atoms with Gasteiger partial charge in [-0.3, -0.25) is 19.3 Å². The van der Waals surface area contributed by atoms with Crippen molar-refractivity contribution in [2.45, 2.75) is 12.2 Å². The number of ether oxygens (including phenoxy) is 2. The van der Waals surface area contributed by atoms with E-state index < -0.39 is 36.5 Å². The lowest BCUT2D eigenvalue weighted by Crippen LogP contribution is -2.36. The monoisotopic (exact) mass is 217 g/mol. The molecule has 1 heterocycles. The SMILES string of the molecule is CO[C@H]1C(=O)N(CC(=O)O)C(=O)[C@@H]1OC. The highest BCUT2D eigenvalue weighted by atomic mass is 16.5. The van der Waals surface area contributed by atoms with E-state index in [0.29, 0.717) is 4.90 Å². The van der Waals surface area contributed by atoms with E-state index >= 15 is 0 Å². The average molecular weight is 217 g/mol. The summed E-state index contributed by atoms with van der Waals surface area (Å²) in [6, 6.07) is 0. The number of carbonyl (C=O) groups excluding carboxylic acids is 2. The van der Waals surface area contributed by atoms with Gasteiger partial charge in [0.05, 0.1) is 0 Å². The summed E-state index contributed by atoms with van der Waals surface area (Å²) in [5.74, 6) is -2.63. The first-order chi connectivity index (χ1) is 7.02. The number of methoxy groups -OCH3 is 2. The second kappa shape index (κ2) is 4.37. The molecule has 1 saturated heterocycles. The number of rotatable bonds is 4. The van der Waals surface area contributed by atoms with Crippen LogP contribution in [0, 0.1) is 0 Å². The molecule has 1 fully saturated rings. The zero-order chi connectivity index (χ0) is 11.6. The molecule has 84 valence electrons. The van der Waals surface area contributed by atoms with Crippen LogP contribution in [0.4, 0.5) is 0 Å². The second-order valence-electron chi connectivity index (χ2n) is 2.97. The van der Waals surface area contributed by atoms with Crippen molar-refractivity contribution in [3.8, 4) is 0 Å². The highest BCUT2D eigenvalue weighted by Crippen LogP contribution is 2.18. The lowest BCUT2D eigenvalue weighted by atomic mass is 10.2. The Morgan fingerprint density at radius 1 is 1.27 bits per heavy atom. The molecule has 0 aromatic rings. The maximum absolute atomic E-state index is 11.5. The maximum atomic E-state index is 11.5. The van der Waals surface area contributed by atoms with Crippen LogP contribution in [0.5, 0.6) is 0 Å². The van der Waals surface area contributed by atoms with Crippen molar-refractivity contribution in [1.82, 2.24) is 4.90 Å². The molecule has 1 N–H and O–H groups in total. The van der Waals surface area contributed by atoms with E-state index in [1.807, 2.05) is 0 Å². The number of hydrogen-bond donors (Lipinski definition) is 1. The van der Waals surface area contributed by atoms with Gasteiger partial charge in [-0.25, -0.2) is 0 Å². The minimum atomic E-state index is -1.26. The Hall–Kier alpha value is -1.47. The summed E-state index contributed by atoms with van der Waals surface area (Å²) in [7, 11) is 2.51. The predicted octanol–water partition coefficient (Wildman–Crippen LogP) is -1.53. The number of likely N-dealkylation sites (tertiary alicyclic amines) is 1. The fourth-order valence-corrected chi connectivity index (χ4v) is 1.41. The van der Waals surface area contributed by atoms with Gasteiger partial charge in [0.2, 0.25) is 0 Å². The van der Waals surface area contributed by atoms with Gasteiger partial charge in [-0.05, 0) is 0 Å². The minimum Gasteiger partial charge on any atom is -0.480 e. The van der Waals surface area contributed by atoms with Crippen LogP contribution in [0.25, 0.3) is 0 Å². The van der Waals surface area contributed by atoms with Crippen LogP contribution in [-0.2, 0) is 23.9 Å². The Labute approximate surface area is 85.6 Å². The molecule has 15 heavy (non-hydrogen) atoms. The lowest BCUT2D eigenvalue weighted by molar-refractivity contribution is -0.150. The second-order valence-corrected chi connectivity index (χ2v) is 2.97. The summed E-state index contributed by atoms with van der Waals surface area (Å²) in [5, 5.41) is 8.50. The van der Waals surface area contributed by atoms with Crippen LogP contribution in [0.3, 0.4) is 0 Å². The van der Waals surface area contributed by atoms with Crippen molar-refractivity contribution in [3.63, 3.8) is 0 Å². The van der Waals surface area contributed by atoms with Gasteiger partial charge in [-0.15, -0.1) is 0 Å². The topological polar surface area (TPSA) is 93.1 Å².